The van der Waals surface area contributed by atoms with Gasteiger partial charge in [-0.15, -0.1) is 5.10 Å². The first kappa shape index (κ1) is 14.6. The van der Waals surface area contributed by atoms with Gasteiger partial charge in [0.05, 0.1) is 11.8 Å². The lowest BCUT2D eigenvalue weighted by molar-refractivity contribution is -0.131. The predicted molar refractivity (Wildman–Crippen MR) is 81.5 cm³/mol. The molecule has 0 bridgehead atoms. The summed E-state index contributed by atoms with van der Waals surface area (Å²) in [4.78, 5) is 14.2. The van der Waals surface area contributed by atoms with Gasteiger partial charge in [-0.25, -0.2) is 0 Å². The maximum absolute atomic E-state index is 12.0. The van der Waals surface area contributed by atoms with Crippen LogP contribution in [-0.4, -0.2) is 45.6 Å². The minimum atomic E-state index is 0.179. The highest BCUT2D eigenvalue weighted by atomic mass is 32.1. The van der Waals surface area contributed by atoms with Crippen LogP contribution in [0.5, 0.6) is 0 Å². The van der Waals surface area contributed by atoms with Gasteiger partial charge in [-0.1, -0.05) is 12.2 Å². The van der Waals surface area contributed by atoms with Crippen molar-refractivity contribution in [3.8, 4) is 0 Å². The molecule has 1 amide bonds. The Morgan fingerprint density at radius 2 is 2.15 bits per heavy atom. The van der Waals surface area contributed by atoms with Crippen molar-refractivity contribution < 1.29 is 4.79 Å². The number of nitrogens with one attached hydrogen (secondary N) is 1. The predicted octanol–water partition coefficient (Wildman–Crippen LogP) is 0.925. The van der Waals surface area contributed by atoms with E-state index in [9.17, 15) is 4.79 Å². The van der Waals surface area contributed by atoms with Crippen molar-refractivity contribution in [2.24, 2.45) is 5.73 Å². The van der Waals surface area contributed by atoms with Crippen LogP contribution in [0.15, 0.2) is 12.3 Å². The summed E-state index contributed by atoms with van der Waals surface area (Å²) in [5.41, 5.74) is 6.26. The lowest BCUT2D eigenvalue weighted by Gasteiger charge is -2.26. The fourth-order valence-corrected chi connectivity index (χ4v) is 2.42. The molecule has 0 aliphatic carbocycles. The standard InChI is InChI=1S/C13H19N5OS/c14-12(20)10-4-7-16-17-13(10)15-6-5-11(19)18-8-2-1-3-9-18/h4,7H,1-3,5-6,8-9H2,(H2,14,20)(H,15,17). The molecular formula is C13H19N5OS. The van der Waals surface area contributed by atoms with Gasteiger partial charge >= 0.3 is 0 Å². The average Bonchev–Trinajstić information content (AvgIpc) is 2.48. The van der Waals surface area contributed by atoms with Crippen LogP contribution in [0.4, 0.5) is 5.82 Å². The summed E-state index contributed by atoms with van der Waals surface area (Å²) in [5.74, 6) is 0.712. The number of piperidine rings is 1. The molecule has 0 unspecified atom stereocenters. The van der Waals surface area contributed by atoms with Crippen molar-refractivity contribution in [2.45, 2.75) is 25.7 Å². The molecule has 1 aromatic rings. The largest absolute Gasteiger partial charge is 0.389 e. The molecule has 7 heteroatoms. The lowest BCUT2D eigenvalue weighted by Crippen LogP contribution is -2.36. The van der Waals surface area contributed by atoms with Crippen molar-refractivity contribution >= 4 is 28.9 Å². The van der Waals surface area contributed by atoms with Crippen molar-refractivity contribution in [3.05, 3.63) is 17.8 Å². The van der Waals surface area contributed by atoms with Crippen molar-refractivity contribution in [1.82, 2.24) is 15.1 Å². The maximum atomic E-state index is 12.0. The van der Waals surface area contributed by atoms with Crippen LogP contribution in [0, 0.1) is 0 Å². The molecule has 108 valence electrons. The molecule has 0 aromatic carbocycles. The van der Waals surface area contributed by atoms with Gasteiger partial charge in [0, 0.05) is 26.1 Å². The molecule has 20 heavy (non-hydrogen) atoms. The molecule has 2 heterocycles. The van der Waals surface area contributed by atoms with E-state index in [4.69, 9.17) is 18.0 Å². The fraction of sp³-hybridized carbons (Fsp3) is 0.538. The van der Waals surface area contributed by atoms with Crippen LogP contribution in [0.2, 0.25) is 0 Å². The van der Waals surface area contributed by atoms with Crippen LogP contribution in [-0.2, 0) is 4.79 Å². The van der Waals surface area contributed by atoms with Crippen molar-refractivity contribution in [2.75, 3.05) is 25.0 Å². The highest BCUT2D eigenvalue weighted by molar-refractivity contribution is 7.80. The molecule has 2 rings (SSSR count). The van der Waals surface area contributed by atoms with Crippen LogP contribution in [0.25, 0.3) is 0 Å². The molecule has 3 N–H and O–H groups in total. The van der Waals surface area contributed by atoms with E-state index in [1.54, 1.807) is 12.3 Å². The lowest BCUT2D eigenvalue weighted by atomic mass is 10.1. The van der Waals surface area contributed by atoms with Crippen LogP contribution >= 0.6 is 12.2 Å². The number of thiocarbonyl (C=S) groups is 1. The minimum Gasteiger partial charge on any atom is -0.389 e. The Kier molecular flexibility index (Phi) is 5.23. The van der Waals surface area contributed by atoms with Crippen LogP contribution in [0.1, 0.15) is 31.2 Å². The summed E-state index contributed by atoms with van der Waals surface area (Å²) < 4.78 is 0. The summed E-state index contributed by atoms with van der Waals surface area (Å²) in [5, 5.41) is 10.8. The number of carbonyl (C=O) groups excluding carboxylic acids is 1. The molecule has 0 saturated carbocycles. The van der Waals surface area contributed by atoms with Crippen molar-refractivity contribution in [3.63, 3.8) is 0 Å². The number of hydrogen-bond donors (Lipinski definition) is 2. The number of amides is 1. The highest BCUT2D eigenvalue weighted by Gasteiger charge is 2.16. The first-order valence-corrected chi connectivity index (χ1v) is 7.22. The summed E-state index contributed by atoms with van der Waals surface area (Å²) in [6.45, 7) is 2.26. The Labute approximate surface area is 123 Å². The first-order valence-electron chi connectivity index (χ1n) is 6.81. The second kappa shape index (κ2) is 7.14. The van der Waals surface area contributed by atoms with Gasteiger partial charge in [0.15, 0.2) is 5.82 Å². The third-order valence-corrected chi connectivity index (χ3v) is 3.55. The third-order valence-electron chi connectivity index (χ3n) is 3.33. The zero-order chi connectivity index (χ0) is 14.4. The molecule has 6 nitrogen and oxygen atoms in total. The molecule has 1 saturated heterocycles. The number of aromatic nitrogens is 2. The number of likely N-dealkylation sites (tertiary alicyclic amines) is 1. The number of nitrogens with two attached hydrogens (primary N) is 1. The molecule has 0 radical (unpaired) electrons. The minimum absolute atomic E-state index is 0.179. The van der Waals surface area contributed by atoms with Gasteiger partial charge in [-0.05, 0) is 25.3 Å². The van der Waals surface area contributed by atoms with E-state index in [0.717, 1.165) is 25.9 Å². The first-order chi connectivity index (χ1) is 9.68. The molecular weight excluding hydrogens is 274 g/mol. The van der Waals surface area contributed by atoms with Gasteiger partial charge in [0.2, 0.25) is 5.91 Å². The summed E-state index contributed by atoms with van der Waals surface area (Å²) >= 11 is 4.95. The molecule has 1 aliphatic heterocycles. The Morgan fingerprint density at radius 1 is 1.40 bits per heavy atom. The highest BCUT2D eigenvalue weighted by Crippen LogP contribution is 2.12. The molecule has 1 aromatic heterocycles. The Hall–Kier alpha value is -1.76. The van der Waals surface area contributed by atoms with E-state index in [2.05, 4.69) is 15.5 Å². The SMILES string of the molecule is NC(=S)c1ccnnc1NCCC(=O)N1CCCCC1. The van der Waals surface area contributed by atoms with Gasteiger partial charge in [0.25, 0.3) is 0 Å². The topological polar surface area (TPSA) is 84.1 Å². The van der Waals surface area contributed by atoms with Crippen molar-refractivity contribution in [1.29, 1.82) is 0 Å². The van der Waals surface area contributed by atoms with Crippen LogP contribution in [0.3, 0.4) is 0 Å². The number of nitrogens with zero attached hydrogens (tertiary/aromatic N) is 3. The summed E-state index contributed by atoms with van der Waals surface area (Å²) in [6.07, 6.45) is 5.41. The fourth-order valence-electron chi connectivity index (χ4n) is 2.25. The second-order valence-corrected chi connectivity index (χ2v) is 5.22. The molecule has 1 aliphatic rings. The smallest absolute Gasteiger partial charge is 0.224 e. The van der Waals surface area contributed by atoms with Gasteiger partial charge in [0.1, 0.15) is 4.99 Å². The Balaban J connectivity index is 1.83. The molecule has 0 spiro atoms. The number of hydrogen-bond acceptors (Lipinski definition) is 5. The summed E-state index contributed by atoms with van der Waals surface area (Å²) in [6, 6.07) is 1.71. The molecule has 1 fully saturated rings. The van der Waals surface area contributed by atoms with E-state index in [-0.39, 0.29) is 10.9 Å². The van der Waals surface area contributed by atoms with E-state index in [0.29, 0.717) is 24.3 Å². The van der Waals surface area contributed by atoms with Crippen LogP contribution < -0.4 is 11.1 Å². The Bertz CT molecular complexity index is 487. The second-order valence-electron chi connectivity index (χ2n) is 4.78. The quantitative estimate of drug-likeness (QED) is 0.786. The van der Waals surface area contributed by atoms with Gasteiger partial charge < -0.3 is 16.0 Å². The van der Waals surface area contributed by atoms with Gasteiger partial charge in [-0.3, -0.25) is 4.79 Å². The number of rotatable bonds is 5. The Morgan fingerprint density at radius 3 is 2.85 bits per heavy atom. The van der Waals surface area contributed by atoms with E-state index in [1.165, 1.54) is 6.42 Å². The zero-order valence-electron chi connectivity index (χ0n) is 11.3. The average molecular weight is 293 g/mol. The monoisotopic (exact) mass is 293 g/mol. The number of anilines is 1. The maximum Gasteiger partial charge on any atom is 0.224 e. The number of carbonyl (C=O) groups is 1. The summed E-state index contributed by atoms with van der Waals surface area (Å²) in [7, 11) is 0. The molecule has 0 atom stereocenters. The van der Waals surface area contributed by atoms with Gasteiger partial charge in [-0.2, -0.15) is 5.10 Å². The zero-order valence-corrected chi connectivity index (χ0v) is 12.2. The van der Waals surface area contributed by atoms with E-state index >= 15 is 0 Å². The third kappa shape index (κ3) is 3.86. The van der Waals surface area contributed by atoms with E-state index < -0.39 is 0 Å². The normalized spacial score (nSPS) is 14.9. The van der Waals surface area contributed by atoms with E-state index in [1.807, 2.05) is 4.90 Å².